The first-order chi connectivity index (χ1) is 6.70. The molecule has 3 nitrogen and oxygen atoms in total. The Labute approximate surface area is 93.8 Å². The van der Waals surface area contributed by atoms with Gasteiger partial charge in [0.05, 0.1) is 10.7 Å². The number of halogens is 1. The Kier molecular flexibility index (Phi) is 2.45. The standard InChI is InChI=1S/C10H7IO3/c1-13-9-5-8-6(4-7(9)11)2-3-10(12)14-8/h2-5H,1H3. The predicted molar refractivity (Wildman–Crippen MR) is 61.8 cm³/mol. The number of methoxy groups -OCH3 is 1. The van der Waals surface area contributed by atoms with E-state index in [4.69, 9.17) is 9.15 Å². The second-order valence-corrected chi connectivity index (χ2v) is 3.94. The van der Waals surface area contributed by atoms with Crippen molar-refractivity contribution >= 4 is 33.6 Å². The van der Waals surface area contributed by atoms with Crippen LogP contribution in [-0.4, -0.2) is 7.11 Å². The molecule has 0 fully saturated rings. The van der Waals surface area contributed by atoms with Crippen LogP contribution in [0, 0.1) is 3.57 Å². The van der Waals surface area contributed by atoms with Crippen LogP contribution in [0.4, 0.5) is 0 Å². The van der Waals surface area contributed by atoms with E-state index < -0.39 is 0 Å². The summed E-state index contributed by atoms with van der Waals surface area (Å²) in [4.78, 5) is 11.0. The summed E-state index contributed by atoms with van der Waals surface area (Å²) in [6.45, 7) is 0. The van der Waals surface area contributed by atoms with Gasteiger partial charge in [0.2, 0.25) is 0 Å². The van der Waals surface area contributed by atoms with Crippen LogP contribution in [-0.2, 0) is 0 Å². The molecule has 0 amide bonds. The molecule has 1 heterocycles. The Morgan fingerprint density at radius 3 is 2.86 bits per heavy atom. The lowest BCUT2D eigenvalue weighted by Gasteiger charge is -2.03. The van der Waals surface area contributed by atoms with Crippen molar-refractivity contribution in [1.82, 2.24) is 0 Å². The largest absolute Gasteiger partial charge is 0.496 e. The van der Waals surface area contributed by atoms with E-state index in [1.165, 1.54) is 6.07 Å². The number of hydrogen-bond acceptors (Lipinski definition) is 3. The van der Waals surface area contributed by atoms with Gasteiger partial charge < -0.3 is 9.15 Å². The van der Waals surface area contributed by atoms with Crippen LogP contribution in [0.1, 0.15) is 0 Å². The Balaban J connectivity index is 2.80. The zero-order valence-electron chi connectivity index (χ0n) is 7.41. The number of ether oxygens (including phenoxy) is 1. The highest BCUT2D eigenvalue weighted by atomic mass is 127. The molecular weight excluding hydrogens is 295 g/mol. The number of rotatable bonds is 1. The summed E-state index contributed by atoms with van der Waals surface area (Å²) < 4.78 is 11.1. The van der Waals surface area contributed by atoms with Crippen LogP contribution in [0.5, 0.6) is 5.75 Å². The van der Waals surface area contributed by atoms with E-state index >= 15 is 0 Å². The predicted octanol–water partition coefficient (Wildman–Crippen LogP) is 2.41. The molecule has 2 aromatic rings. The van der Waals surface area contributed by atoms with Crippen LogP contribution >= 0.6 is 22.6 Å². The molecule has 0 aliphatic heterocycles. The van der Waals surface area contributed by atoms with Gasteiger partial charge in [-0.2, -0.15) is 0 Å². The van der Waals surface area contributed by atoms with Gasteiger partial charge in [-0.15, -0.1) is 0 Å². The van der Waals surface area contributed by atoms with E-state index in [1.54, 1.807) is 19.2 Å². The molecule has 0 atom stereocenters. The van der Waals surface area contributed by atoms with Gasteiger partial charge in [-0.05, 0) is 34.7 Å². The highest BCUT2D eigenvalue weighted by molar-refractivity contribution is 14.1. The fourth-order valence-electron chi connectivity index (χ4n) is 1.23. The van der Waals surface area contributed by atoms with Crippen LogP contribution in [0.25, 0.3) is 11.0 Å². The number of fused-ring (bicyclic) bond motifs is 1. The van der Waals surface area contributed by atoms with Gasteiger partial charge in [0.25, 0.3) is 0 Å². The van der Waals surface area contributed by atoms with Crippen molar-refractivity contribution < 1.29 is 9.15 Å². The minimum absolute atomic E-state index is 0.347. The fourth-order valence-corrected chi connectivity index (χ4v) is 1.94. The van der Waals surface area contributed by atoms with E-state index in [2.05, 4.69) is 22.6 Å². The highest BCUT2D eigenvalue weighted by Gasteiger charge is 2.04. The van der Waals surface area contributed by atoms with Gasteiger partial charge in [0.15, 0.2) is 0 Å². The number of benzene rings is 1. The first kappa shape index (κ1) is 9.51. The summed E-state index contributed by atoms with van der Waals surface area (Å²) >= 11 is 2.17. The fraction of sp³-hybridized carbons (Fsp3) is 0.100. The second kappa shape index (κ2) is 3.61. The lowest BCUT2D eigenvalue weighted by atomic mass is 10.2. The van der Waals surface area contributed by atoms with Gasteiger partial charge >= 0.3 is 5.63 Å². The molecule has 0 aliphatic carbocycles. The van der Waals surface area contributed by atoms with Crippen molar-refractivity contribution in [2.75, 3.05) is 7.11 Å². The SMILES string of the molecule is COc1cc2oc(=O)ccc2cc1I. The topological polar surface area (TPSA) is 39.4 Å². The molecule has 14 heavy (non-hydrogen) atoms. The summed E-state index contributed by atoms with van der Waals surface area (Å²) in [7, 11) is 1.59. The average molecular weight is 302 g/mol. The summed E-state index contributed by atoms with van der Waals surface area (Å²) in [5, 5.41) is 0.898. The van der Waals surface area contributed by atoms with E-state index in [0.717, 1.165) is 8.96 Å². The summed E-state index contributed by atoms with van der Waals surface area (Å²) in [6, 6.07) is 6.78. The Bertz CT molecular complexity index is 530. The van der Waals surface area contributed by atoms with E-state index in [0.29, 0.717) is 11.3 Å². The van der Waals surface area contributed by atoms with E-state index in [-0.39, 0.29) is 5.63 Å². The molecule has 0 bridgehead atoms. The Hall–Kier alpha value is -1.04. The van der Waals surface area contributed by atoms with Crippen molar-refractivity contribution in [2.45, 2.75) is 0 Å². The van der Waals surface area contributed by atoms with E-state index in [1.807, 2.05) is 6.07 Å². The van der Waals surface area contributed by atoms with Crippen LogP contribution < -0.4 is 10.4 Å². The lowest BCUT2D eigenvalue weighted by Crippen LogP contribution is -1.95. The molecule has 0 saturated heterocycles. The first-order valence-corrected chi connectivity index (χ1v) is 5.06. The van der Waals surface area contributed by atoms with Gasteiger partial charge in [-0.1, -0.05) is 0 Å². The highest BCUT2D eigenvalue weighted by Crippen LogP contribution is 2.26. The molecule has 72 valence electrons. The van der Waals surface area contributed by atoms with Gasteiger partial charge in [-0.25, -0.2) is 4.79 Å². The van der Waals surface area contributed by atoms with E-state index in [9.17, 15) is 4.79 Å². The monoisotopic (exact) mass is 302 g/mol. The molecule has 2 rings (SSSR count). The third-order valence-electron chi connectivity index (χ3n) is 1.89. The average Bonchev–Trinajstić information content (AvgIpc) is 2.17. The van der Waals surface area contributed by atoms with Crippen molar-refractivity contribution in [2.24, 2.45) is 0 Å². The van der Waals surface area contributed by atoms with Gasteiger partial charge in [0, 0.05) is 17.5 Å². The zero-order chi connectivity index (χ0) is 10.1. The molecule has 0 spiro atoms. The molecule has 0 aliphatic rings. The molecule has 0 saturated carbocycles. The maximum Gasteiger partial charge on any atom is 0.336 e. The first-order valence-electron chi connectivity index (χ1n) is 3.98. The number of hydrogen-bond donors (Lipinski definition) is 0. The molecule has 0 radical (unpaired) electrons. The minimum Gasteiger partial charge on any atom is -0.496 e. The molecule has 1 aromatic heterocycles. The molecule has 0 N–H and O–H groups in total. The molecule has 0 unspecified atom stereocenters. The zero-order valence-corrected chi connectivity index (χ0v) is 9.57. The maximum atomic E-state index is 11.0. The van der Waals surface area contributed by atoms with Crippen molar-refractivity contribution in [3.05, 3.63) is 38.3 Å². The van der Waals surface area contributed by atoms with Crippen LogP contribution in [0.3, 0.4) is 0 Å². The van der Waals surface area contributed by atoms with Crippen molar-refractivity contribution in [3.8, 4) is 5.75 Å². The quantitative estimate of drug-likeness (QED) is 0.600. The summed E-state index contributed by atoms with van der Waals surface area (Å²) in [5.41, 5.74) is 0.204. The third-order valence-corrected chi connectivity index (χ3v) is 2.74. The normalized spacial score (nSPS) is 10.4. The molecule has 1 aromatic carbocycles. The van der Waals surface area contributed by atoms with Crippen molar-refractivity contribution in [3.63, 3.8) is 0 Å². The second-order valence-electron chi connectivity index (χ2n) is 2.78. The van der Waals surface area contributed by atoms with Gasteiger partial charge in [0.1, 0.15) is 11.3 Å². The molecule has 4 heteroatoms. The molecular formula is C10H7IO3. The minimum atomic E-state index is -0.347. The van der Waals surface area contributed by atoms with Crippen LogP contribution in [0.15, 0.2) is 33.5 Å². The third kappa shape index (κ3) is 1.61. The van der Waals surface area contributed by atoms with Gasteiger partial charge in [-0.3, -0.25) is 0 Å². The Morgan fingerprint density at radius 2 is 2.14 bits per heavy atom. The summed E-state index contributed by atoms with van der Waals surface area (Å²) in [6.07, 6.45) is 0. The van der Waals surface area contributed by atoms with Crippen LogP contribution in [0.2, 0.25) is 0 Å². The smallest absolute Gasteiger partial charge is 0.336 e. The van der Waals surface area contributed by atoms with Crippen molar-refractivity contribution in [1.29, 1.82) is 0 Å². The Morgan fingerprint density at radius 1 is 1.36 bits per heavy atom. The maximum absolute atomic E-state index is 11.0. The lowest BCUT2D eigenvalue weighted by molar-refractivity contribution is 0.411. The summed E-state index contributed by atoms with van der Waals surface area (Å²) in [5.74, 6) is 0.715.